The number of nitrogens with two attached hydrogens (primary N) is 1. The van der Waals surface area contributed by atoms with E-state index in [9.17, 15) is 0 Å². The van der Waals surface area contributed by atoms with Crippen LogP contribution in [0.15, 0.2) is 18.2 Å². The van der Waals surface area contributed by atoms with Gasteiger partial charge in [0.25, 0.3) is 0 Å². The summed E-state index contributed by atoms with van der Waals surface area (Å²) in [5, 5.41) is 0. The zero-order valence-electron chi connectivity index (χ0n) is 8.32. The standard InChI is InChI=1S/C11H15NO2/c1-13-10-2-3-11-8(4-10)6-14-7-9(11)5-12/h2-4,9H,5-7,12H2,1H3. The average Bonchev–Trinajstić information content (AvgIpc) is 2.27. The molecule has 1 atom stereocenters. The van der Waals surface area contributed by atoms with E-state index >= 15 is 0 Å². The SMILES string of the molecule is COc1ccc2c(c1)COCC2CN. The van der Waals surface area contributed by atoms with Crippen LogP contribution in [-0.4, -0.2) is 20.3 Å². The highest BCUT2D eigenvalue weighted by Gasteiger charge is 2.19. The van der Waals surface area contributed by atoms with Gasteiger partial charge in [-0.1, -0.05) is 6.07 Å². The molecule has 14 heavy (non-hydrogen) atoms. The number of rotatable bonds is 2. The molecule has 3 nitrogen and oxygen atoms in total. The number of benzene rings is 1. The van der Waals surface area contributed by atoms with Crippen LogP contribution in [0.4, 0.5) is 0 Å². The smallest absolute Gasteiger partial charge is 0.119 e. The molecule has 0 amide bonds. The van der Waals surface area contributed by atoms with Crippen LogP contribution < -0.4 is 10.5 Å². The quantitative estimate of drug-likeness (QED) is 0.769. The largest absolute Gasteiger partial charge is 0.497 e. The summed E-state index contributed by atoms with van der Waals surface area (Å²) in [6.07, 6.45) is 0. The lowest BCUT2D eigenvalue weighted by Gasteiger charge is -2.24. The van der Waals surface area contributed by atoms with Crippen molar-refractivity contribution < 1.29 is 9.47 Å². The topological polar surface area (TPSA) is 44.5 Å². The summed E-state index contributed by atoms with van der Waals surface area (Å²) in [6.45, 7) is 2.04. The normalized spacial score (nSPS) is 20.3. The van der Waals surface area contributed by atoms with Gasteiger partial charge in [0.1, 0.15) is 5.75 Å². The molecule has 0 aromatic heterocycles. The molecule has 76 valence electrons. The Balaban J connectivity index is 2.35. The third-order valence-corrected chi connectivity index (χ3v) is 2.65. The first-order valence-electron chi connectivity index (χ1n) is 4.79. The average molecular weight is 193 g/mol. The molecular formula is C11H15NO2. The van der Waals surface area contributed by atoms with E-state index in [1.165, 1.54) is 11.1 Å². The van der Waals surface area contributed by atoms with Crippen LogP contribution >= 0.6 is 0 Å². The zero-order chi connectivity index (χ0) is 9.97. The first-order chi connectivity index (χ1) is 6.85. The molecule has 0 radical (unpaired) electrons. The Kier molecular flexibility index (Phi) is 2.70. The van der Waals surface area contributed by atoms with E-state index in [1.807, 2.05) is 12.1 Å². The predicted molar refractivity (Wildman–Crippen MR) is 54.4 cm³/mol. The third kappa shape index (κ3) is 1.61. The minimum atomic E-state index is 0.338. The lowest BCUT2D eigenvalue weighted by molar-refractivity contribution is 0.0926. The van der Waals surface area contributed by atoms with Gasteiger partial charge in [0.2, 0.25) is 0 Å². The Morgan fingerprint density at radius 3 is 3.14 bits per heavy atom. The fraction of sp³-hybridized carbons (Fsp3) is 0.455. The van der Waals surface area contributed by atoms with Crippen molar-refractivity contribution in [2.24, 2.45) is 5.73 Å². The highest BCUT2D eigenvalue weighted by atomic mass is 16.5. The van der Waals surface area contributed by atoms with Crippen molar-refractivity contribution in [1.29, 1.82) is 0 Å². The maximum atomic E-state index is 5.68. The van der Waals surface area contributed by atoms with Crippen LogP contribution in [-0.2, 0) is 11.3 Å². The molecular weight excluding hydrogens is 178 g/mol. The molecule has 2 rings (SSSR count). The van der Waals surface area contributed by atoms with Gasteiger partial charge in [-0.2, -0.15) is 0 Å². The van der Waals surface area contributed by atoms with E-state index < -0.39 is 0 Å². The Morgan fingerprint density at radius 1 is 1.57 bits per heavy atom. The second-order valence-electron chi connectivity index (χ2n) is 3.51. The fourth-order valence-electron chi connectivity index (χ4n) is 1.83. The zero-order valence-corrected chi connectivity index (χ0v) is 8.32. The monoisotopic (exact) mass is 193 g/mol. The molecule has 1 aromatic rings. The van der Waals surface area contributed by atoms with Gasteiger partial charge in [0.15, 0.2) is 0 Å². The Hall–Kier alpha value is -1.06. The summed E-state index contributed by atoms with van der Waals surface area (Å²) in [6, 6.07) is 6.10. The minimum Gasteiger partial charge on any atom is -0.497 e. The predicted octanol–water partition coefficient (Wildman–Crippen LogP) is 1.27. The van der Waals surface area contributed by atoms with Crippen molar-refractivity contribution in [1.82, 2.24) is 0 Å². The first kappa shape index (κ1) is 9.49. The molecule has 3 heteroatoms. The second kappa shape index (κ2) is 3.98. The third-order valence-electron chi connectivity index (χ3n) is 2.65. The molecule has 0 fully saturated rings. The summed E-state index contributed by atoms with van der Waals surface area (Å²) in [7, 11) is 1.67. The fourth-order valence-corrected chi connectivity index (χ4v) is 1.83. The molecule has 1 aliphatic heterocycles. The van der Waals surface area contributed by atoms with Crippen LogP contribution in [0.5, 0.6) is 5.75 Å². The van der Waals surface area contributed by atoms with Gasteiger partial charge in [0.05, 0.1) is 20.3 Å². The van der Waals surface area contributed by atoms with Gasteiger partial charge < -0.3 is 15.2 Å². The molecule has 1 heterocycles. The van der Waals surface area contributed by atoms with Gasteiger partial charge in [-0.05, 0) is 23.3 Å². The van der Waals surface area contributed by atoms with Gasteiger partial charge in [0, 0.05) is 12.5 Å². The number of methoxy groups -OCH3 is 1. The van der Waals surface area contributed by atoms with Crippen LogP contribution in [0.1, 0.15) is 17.0 Å². The number of fused-ring (bicyclic) bond motifs is 1. The second-order valence-corrected chi connectivity index (χ2v) is 3.51. The molecule has 0 saturated heterocycles. The highest BCUT2D eigenvalue weighted by Crippen LogP contribution is 2.28. The Labute approximate surface area is 83.8 Å². The lowest BCUT2D eigenvalue weighted by Crippen LogP contribution is -2.23. The first-order valence-corrected chi connectivity index (χ1v) is 4.79. The van der Waals surface area contributed by atoms with Crippen LogP contribution in [0.3, 0.4) is 0 Å². The number of hydrogen-bond donors (Lipinski definition) is 1. The maximum Gasteiger partial charge on any atom is 0.119 e. The number of ether oxygens (including phenoxy) is 2. The highest BCUT2D eigenvalue weighted by molar-refractivity contribution is 5.38. The molecule has 2 N–H and O–H groups in total. The Bertz CT molecular complexity index is 325. The number of hydrogen-bond acceptors (Lipinski definition) is 3. The molecule has 0 saturated carbocycles. The van der Waals surface area contributed by atoms with E-state index in [1.54, 1.807) is 7.11 Å². The van der Waals surface area contributed by atoms with Gasteiger partial charge in [-0.3, -0.25) is 0 Å². The van der Waals surface area contributed by atoms with Crippen LogP contribution in [0.2, 0.25) is 0 Å². The van der Waals surface area contributed by atoms with Crippen molar-refractivity contribution in [2.75, 3.05) is 20.3 Å². The van der Waals surface area contributed by atoms with Gasteiger partial charge in [-0.15, -0.1) is 0 Å². The molecule has 0 aliphatic carbocycles. The summed E-state index contributed by atoms with van der Waals surface area (Å²) < 4.78 is 10.6. The summed E-state index contributed by atoms with van der Waals surface area (Å²) in [5.41, 5.74) is 8.18. The molecule has 1 unspecified atom stereocenters. The van der Waals surface area contributed by atoms with Crippen molar-refractivity contribution in [3.63, 3.8) is 0 Å². The van der Waals surface area contributed by atoms with Gasteiger partial charge >= 0.3 is 0 Å². The van der Waals surface area contributed by atoms with Crippen molar-refractivity contribution >= 4 is 0 Å². The molecule has 1 aliphatic rings. The van der Waals surface area contributed by atoms with Crippen molar-refractivity contribution in [3.05, 3.63) is 29.3 Å². The molecule has 0 bridgehead atoms. The van der Waals surface area contributed by atoms with Crippen molar-refractivity contribution in [2.45, 2.75) is 12.5 Å². The molecule has 0 spiro atoms. The van der Waals surface area contributed by atoms with E-state index in [-0.39, 0.29) is 0 Å². The summed E-state index contributed by atoms with van der Waals surface area (Å²) in [5.74, 6) is 1.22. The van der Waals surface area contributed by atoms with Crippen LogP contribution in [0.25, 0.3) is 0 Å². The van der Waals surface area contributed by atoms with E-state index in [4.69, 9.17) is 15.2 Å². The Morgan fingerprint density at radius 2 is 2.43 bits per heavy atom. The lowest BCUT2D eigenvalue weighted by atomic mass is 9.93. The van der Waals surface area contributed by atoms with E-state index in [0.29, 0.717) is 19.1 Å². The summed E-state index contributed by atoms with van der Waals surface area (Å²) >= 11 is 0. The summed E-state index contributed by atoms with van der Waals surface area (Å²) in [4.78, 5) is 0. The van der Waals surface area contributed by atoms with E-state index in [0.717, 1.165) is 12.4 Å². The van der Waals surface area contributed by atoms with Crippen LogP contribution in [0, 0.1) is 0 Å². The van der Waals surface area contributed by atoms with Crippen molar-refractivity contribution in [3.8, 4) is 5.75 Å². The molecule has 1 aromatic carbocycles. The minimum absolute atomic E-state index is 0.338. The van der Waals surface area contributed by atoms with E-state index in [2.05, 4.69) is 6.07 Å². The van der Waals surface area contributed by atoms with Gasteiger partial charge in [-0.25, -0.2) is 0 Å². The maximum absolute atomic E-state index is 5.68.